The number of esters is 8. The third-order valence-corrected chi connectivity index (χ3v) is 13.8. The average molecular weight is 1150 g/mol. The summed E-state index contributed by atoms with van der Waals surface area (Å²) in [4.78, 5) is 126. The monoisotopic (exact) mass is 1150 g/mol. The zero-order valence-corrected chi connectivity index (χ0v) is 48.2. The molecule has 1 fully saturated rings. The molecule has 1 aliphatic rings. The highest BCUT2D eigenvalue weighted by Crippen LogP contribution is 2.31. The maximum atomic E-state index is 13.2. The first-order valence-corrected chi connectivity index (χ1v) is 28.2. The quantitative estimate of drug-likeness (QED) is 0.0330. The van der Waals surface area contributed by atoms with Crippen molar-refractivity contribution in [3.8, 4) is 0 Å². The molecule has 8 atom stereocenters. The molecule has 0 aromatic heterocycles. The summed E-state index contributed by atoms with van der Waals surface area (Å²) < 4.78 is 48.5. The van der Waals surface area contributed by atoms with E-state index in [2.05, 4.69) is 16.0 Å². The summed E-state index contributed by atoms with van der Waals surface area (Å²) in [5.74, 6) is -14.1. The summed E-state index contributed by atoms with van der Waals surface area (Å²) in [7, 11) is 0. The number of nitrogens with one attached hydrogen (secondary N) is 3. The lowest BCUT2D eigenvalue weighted by Crippen LogP contribution is -2.39. The van der Waals surface area contributed by atoms with Crippen molar-refractivity contribution in [3.05, 3.63) is 0 Å². The van der Waals surface area contributed by atoms with Gasteiger partial charge in [-0.2, -0.15) is 0 Å². The number of ether oxygens (including phenoxy) is 9. The van der Waals surface area contributed by atoms with Crippen LogP contribution in [-0.2, 0) is 90.6 Å². The van der Waals surface area contributed by atoms with Crippen molar-refractivity contribution >= 4 is 59.7 Å². The van der Waals surface area contributed by atoms with Crippen molar-refractivity contribution in [2.45, 2.75) is 138 Å². The number of hydrogen-bond donors (Lipinski definition) is 5. The van der Waals surface area contributed by atoms with E-state index in [0.717, 1.165) is 12.8 Å². The van der Waals surface area contributed by atoms with Crippen molar-refractivity contribution in [1.29, 1.82) is 0 Å². The van der Waals surface area contributed by atoms with Crippen molar-refractivity contribution in [2.24, 2.45) is 46.8 Å². The molecule has 0 aliphatic carbocycles. The van der Waals surface area contributed by atoms with Crippen LogP contribution in [0.2, 0.25) is 0 Å². The Balaban J connectivity index is 2.80. The highest BCUT2D eigenvalue weighted by molar-refractivity contribution is 5.78. The molecule has 80 heavy (non-hydrogen) atoms. The van der Waals surface area contributed by atoms with Crippen molar-refractivity contribution in [3.63, 3.8) is 0 Å². The molecule has 1 heterocycles. The normalized spacial score (nSPS) is 16.5. The standard InChI is InChI=1S/C55H93N3O22/c1-8-37(5)50(67)73-25-20-56-17-14-45(60)78-34-55(11-4,35-79-46(61)15-18-57-21-26-74-51(68)38(6)9-2)36-80-47(62)16-19-58-22-27-75-53(70)40(10-3)30-41(48(63)64)31-42(49(65)66)32-43(54(71)76-28-23-59)29-39(7)52(69)77-33-44-13-12-24-72-44/h37-44,56-59H,8-36H2,1-7H3,(H,63,64)(H,65,66)/p-1. The zero-order valence-electron chi connectivity index (χ0n) is 48.2. The topological polar surface area (TPSA) is 353 Å². The molecule has 0 amide bonds. The third kappa shape index (κ3) is 31.5. The number of hydrogen-bond acceptors (Lipinski definition) is 24. The molecule has 8 unspecified atom stereocenters. The molecule has 0 bridgehead atoms. The maximum absolute atomic E-state index is 13.2. The molecular formula is C55H92N3O22-. The molecule has 0 aromatic rings. The third-order valence-electron chi connectivity index (χ3n) is 13.8. The predicted molar refractivity (Wildman–Crippen MR) is 282 cm³/mol. The summed E-state index contributed by atoms with van der Waals surface area (Å²) in [6, 6.07) is 0. The van der Waals surface area contributed by atoms with E-state index in [9.17, 15) is 63.3 Å². The molecule has 0 radical (unpaired) electrons. The van der Waals surface area contributed by atoms with Crippen LogP contribution in [0.5, 0.6) is 0 Å². The second-order valence-electron chi connectivity index (χ2n) is 20.3. The number of carbonyl (C=O) groups excluding carboxylic acids is 9. The number of rotatable bonds is 47. The predicted octanol–water partition coefficient (Wildman–Crippen LogP) is 1.84. The first-order chi connectivity index (χ1) is 38.1. The molecule has 1 saturated heterocycles. The van der Waals surface area contributed by atoms with Crippen molar-refractivity contribution < 1.29 is 106 Å². The van der Waals surface area contributed by atoms with Gasteiger partial charge in [-0.1, -0.05) is 48.5 Å². The second kappa shape index (κ2) is 42.4. The van der Waals surface area contributed by atoms with Gasteiger partial charge in [0.2, 0.25) is 0 Å². The van der Waals surface area contributed by atoms with Crippen molar-refractivity contribution in [2.75, 3.05) is 105 Å². The molecular weight excluding hydrogens is 1050 g/mol. The molecule has 1 rings (SSSR count). The van der Waals surface area contributed by atoms with Crippen molar-refractivity contribution in [1.82, 2.24) is 16.0 Å². The zero-order chi connectivity index (χ0) is 59.9. The minimum absolute atomic E-state index is 0.0146. The Morgan fingerprint density at radius 2 is 0.950 bits per heavy atom. The summed E-state index contributed by atoms with van der Waals surface area (Å²) in [6.45, 7) is 12.5. The van der Waals surface area contributed by atoms with E-state index in [1.807, 2.05) is 13.8 Å². The first kappa shape index (κ1) is 72.5. The number of carboxylic acid groups (broad SMARTS) is 2. The SMILES string of the molecule is CCC(C)C(=O)OCCNCCC(=O)OCC(CC)(COC(=O)CCNCCOC(=O)C(C)CC)COC(=O)CCNCCOC(=O)C(CC)CC(CC(CC(CC(C)C(=O)OCC1CCCO1)C(=O)OCCO)C(=O)[O-])C(=O)O. The van der Waals surface area contributed by atoms with E-state index >= 15 is 0 Å². The summed E-state index contributed by atoms with van der Waals surface area (Å²) in [6.07, 6.45) is 1.34. The largest absolute Gasteiger partial charge is 0.550 e. The van der Waals surface area contributed by atoms with Crippen LogP contribution in [0.25, 0.3) is 0 Å². The van der Waals surface area contributed by atoms with Gasteiger partial charge in [-0.3, -0.25) is 43.2 Å². The van der Waals surface area contributed by atoms with E-state index in [1.165, 1.54) is 6.92 Å². The molecule has 25 heteroatoms. The summed E-state index contributed by atoms with van der Waals surface area (Å²) in [5, 5.41) is 40.8. The second-order valence-corrected chi connectivity index (χ2v) is 20.3. The van der Waals surface area contributed by atoms with Crippen LogP contribution < -0.4 is 21.1 Å². The fraction of sp³-hybridized carbons (Fsp3) is 0.818. The number of carboxylic acids is 2. The molecule has 1 aliphatic heterocycles. The van der Waals surface area contributed by atoms with E-state index in [0.29, 0.717) is 32.5 Å². The smallest absolute Gasteiger partial charge is 0.309 e. The van der Waals surface area contributed by atoms with Gasteiger partial charge in [0, 0.05) is 57.8 Å². The fourth-order valence-electron chi connectivity index (χ4n) is 7.92. The maximum Gasteiger partial charge on any atom is 0.309 e. The minimum atomic E-state index is -1.64. The Morgan fingerprint density at radius 3 is 1.35 bits per heavy atom. The average Bonchev–Trinajstić information content (AvgIpc) is 3.98. The number of aliphatic hydroxyl groups is 1. The Morgan fingerprint density at radius 1 is 0.525 bits per heavy atom. The Hall–Kier alpha value is -5.50. The van der Waals surface area contributed by atoms with Crippen LogP contribution in [0, 0.1) is 46.8 Å². The lowest BCUT2D eigenvalue weighted by atomic mass is 9.80. The number of aliphatic hydroxyl groups excluding tert-OH is 1. The lowest BCUT2D eigenvalue weighted by Gasteiger charge is -2.31. The van der Waals surface area contributed by atoms with Gasteiger partial charge < -0.3 is 78.7 Å². The molecule has 0 aromatic carbocycles. The van der Waals surface area contributed by atoms with Gasteiger partial charge >= 0.3 is 53.7 Å². The van der Waals surface area contributed by atoms with Gasteiger partial charge in [0.25, 0.3) is 0 Å². The molecule has 5 N–H and O–H groups in total. The van der Waals surface area contributed by atoms with Gasteiger partial charge in [-0.15, -0.1) is 0 Å². The minimum Gasteiger partial charge on any atom is -0.550 e. The Kier molecular flexibility index (Phi) is 38.4. The van der Waals surface area contributed by atoms with Crippen LogP contribution in [-0.4, -0.2) is 181 Å². The van der Waals surface area contributed by atoms with Gasteiger partial charge in [-0.25, -0.2) is 0 Å². The van der Waals surface area contributed by atoms with Crippen LogP contribution in [0.15, 0.2) is 0 Å². The summed E-state index contributed by atoms with van der Waals surface area (Å²) >= 11 is 0. The molecule has 460 valence electrons. The van der Waals surface area contributed by atoms with E-state index < -0.39 is 102 Å². The van der Waals surface area contributed by atoms with Gasteiger partial charge in [0.1, 0.15) is 52.9 Å². The Labute approximate surface area is 470 Å². The molecule has 0 saturated carbocycles. The van der Waals surface area contributed by atoms with Crippen LogP contribution in [0.3, 0.4) is 0 Å². The first-order valence-electron chi connectivity index (χ1n) is 28.2. The van der Waals surface area contributed by atoms with E-state index in [4.69, 9.17) is 42.6 Å². The van der Waals surface area contributed by atoms with Crippen LogP contribution in [0.4, 0.5) is 0 Å². The highest BCUT2D eigenvalue weighted by Gasteiger charge is 2.36. The number of aliphatic carboxylic acids is 2. The highest BCUT2D eigenvalue weighted by atomic mass is 16.6. The summed E-state index contributed by atoms with van der Waals surface area (Å²) in [5.41, 5.74) is -1.11. The van der Waals surface area contributed by atoms with E-state index in [-0.39, 0.29) is 154 Å². The molecule has 25 nitrogen and oxygen atoms in total. The fourth-order valence-corrected chi connectivity index (χ4v) is 7.92. The van der Waals surface area contributed by atoms with Gasteiger partial charge in [0.15, 0.2) is 0 Å². The lowest BCUT2D eigenvalue weighted by molar-refractivity contribution is -0.312. The Bertz CT molecular complexity index is 1830. The van der Waals surface area contributed by atoms with Crippen LogP contribution >= 0.6 is 0 Å². The number of carbonyl (C=O) groups is 10. The van der Waals surface area contributed by atoms with Gasteiger partial charge in [0.05, 0.1) is 72.9 Å². The molecule has 0 spiro atoms. The van der Waals surface area contributed by atoms with Crippen LogP contribution in [0.1, 0.15) is 132 Å². The van der Waals surface area contributed by atoms with Gasteiger partial charge in [-0.05, 0) is 64.2 Å². The van der Waals surface area contributed by atoms with E-state index in [1.54, 1.807) is 27.7 Å².